The Morgan fingerprint density at radius 2 is 1.35 bits per heavy atom. The zero-order valence-electron chi connectivity index (χ0n) is 14.1. The van der Waals surface area contributed by atoms with Gasteiger partial charge in [0.2, 0.25) is 0 Å². The lowest BCUT2D eigenvalue weighted by Crippen LogP contribution is -2.06. The van der Waals surface area contributed by atoms with Crippen molar-refractivity contribution in [2.24, 2.45) is 5.92 Å². The molecule has 2 nitrogen and oxygen atoms in total. The van der Waals surface area contributed by atoms with E-state index < -0.39 is 0 Å². The molecule has 0 aliphatic carbocycles. The highest BCUT2D eigenvalue weighted by molar-refractivity contribution is 5.97. The third kappa shape index (κ3) is 7.14. The smallest absolute Gasteiger partial charge is 0.165 e. The Balaban J connectivity index is 0.000000409. The van der Waals surface area contributed by atoms with Gasteiger partial charge in [-0.3, -0.25) is 4.79 Å². The maximum Gasteiger partial charge on any atom is 0.165 e. The van der Waals surface area contributed by atoms with Crippen LogP contribution in [0, 0.1) is 12.8 Å². The van der Waals surface area contributed by atoms with Crippen LogP contribution in [0.2, 0.25) is 0 Å². The second-order valence-electron chi connectivity index (χ2n) is 6.13. The molecule has 0 atom stereocenters. The number of ketones is 1. The van der Waals surface area contributed by atoms with Gasteiger partial charge in [0.05, 0.1) is 0 Å². The Bertz CT molecular complexity index is 578. The van der Waals surface area contributed by atoms with Gasteiger partial charge in [0.1, 0.15) is 5.75 Å². The molecular formula is C21H30O2. The summed E-state index contributed by atoms with van der Waals surface area (Å²) in [7, 11) is 0. The van der Waals surface area contributed by atoms with E-state index >= 15 is 0 Å². The molecule has 0 spiro atoms. The van der Waals surface area contributed by atoms with Gasteiger partial charge in [-0.1, -0.05) is 77.1 Å². The summed E-state index contributed by atoms with van der Waals surface area (Å²) in [5.41, 5.74) is 3.27. The van der Waals surface area contributed by atoms with E-state index in [1.54, 1.807) is 12.1 Å². The van der Waals surface area contributed by atoms with Gasteiger partial charge in [-0.2, -0.15) is 0 Å². The summed E-state index contributed by atoms with van der Waals surface area (Å²) in [5.74, 6) is 1.19. The fraction of sp³-hybridized carbons (Fsp3) is 0.381. The van der Waals surface area contributed by atoms with Crippen molar-refractivity contribution in [1.82, 2.24) is 0 Å². The zero-order valence-corrected chi connectivity index (χ0v) is 14.1. The minimum absolute atomic E-state index is 0. The Morgan fingerprint density at radius 3 is 1.74 bits per heavy atom. The number of carbonyl (C=O) groups is 1. The molecule has 0 amide bonds. The number of Topliss-reactive ketones (excluding diaryl/α,β-unsaturated/α-hetero) is 1. The molecule has 0 radical (unpaired) electrons. The molecule has 126 valence electrons. The van der Waals surface area contributed by atoms with Crippen LogP contribution in [-0.2, 0) is 0 Å². The molecule has 0 heterocycles. The van der Waals surface area contributed by atoms with Crippen molar-refractivity contribution in [3.63, 3.8) is 0 Å². The standard InChI is InChI=1S/C11H14O.C9H12O.CH4/c1-8(2)11(12)10-6-4-9(3)5-7-10;1-7(2)8-3-5-9(10)6-4-8;/h4-8H,1-3H3;3-7,10H,1-2H3;1H4. The van der Waals surface area contributed by atoms with Gasteiger partial charge in [-0.05, 0) is 30.5 Å². The number of aryl methyl sites for hydroxylation is 1. The molecular weight excluding hydrogens is 284 g/mol. The fourth-order valence-corrected chi connectivity index (χ4v) is 1.91. The molecule has 0 fully saturated rings. The summed E-state index contributed by atoms with van der Waals surface area (Å²) in [6.45, 7) is 10.1. The first-order valence-corrected chi connectivity index (χ1v) is 7.71. The zero-order chi connectivity index (χ0) is 16.7. The van der Waals surface area contributed by atoms with E-state index in [4.69, 9.17) is 5.11 Å². The molecule has 0 bridgehead atoms. The number of hydrogen-bond donors (Lipinski definition) is 1. The number of carbonyl (C=O) groups excluding carboxylic acids is 1. The Kier molecular flexibility index (Phi) is 8.94. The molecule has 0 aromatic heterocycles. The van der Waals surface area contributed by atoms with Crippen molar-refractivity contribution < 1.29 is 9.90 Å². The van der Waals surface area contributed by atoms with Crippen molar-refractivity contribution in [3.05, 3.63) is 65.2 Å². The minimum atomic E-state index is 0. The lowest BCUT2D eigenvalue weighted by molar-refractivity contribution is 0.0939. The van der Waals surface area contributed by atoms with E-state index in [-0.39, 0.29) is 19.1 Å². The van der Waals surface area contributed by atoms with E-state index in [1.165, 1.54) is 11.1 Å². The highest BCUT2D eigenvalue weighted by Gasteiger charge is 2.08. The minimum Gasteiger partial charge on any atom is -0.508 e. The molecule has 2 heteroatoms. The maximum absolute atomic E-state index is 11.5. The van der Waals surface area contributed by atoms with Gasteiger partial charge in [-0.15, -0.1) is 0 Å². The van der Waals surface area contributed by atoms with E-state index in [2.05, 4.69) is 13.8 Å². The van der Waals surface area contributed by atoms with E-state index in [1.807, 2.05) is 57.2 Å². The summed E-state index contributed by atoms with van der Waals surface area (Å²) in [6, 6.07) is 15.0. The third-order valence-corrected chi connectivity index (χ3v) is 3.42. The highest BCUT2D eigenvalue weighted by Crippen LogP contribution is 2.16. The molecule has 0 aliphatic rings. The Hall–Kier alpha value is -2.09. The lowest BCUT2D eigenvalue weighted by Gasteiger charge is -2.03. The number of aromatic hydroxyl groups is 1. The van der Waals surface area contributed by atoms with Crippen LogP contribution in [0.1, 0.15) is 62.5 Å². The van der Waals surface area contributed by atoms with Gasteiger partial charge < -0.3 is 5.11 Å². The largest absolute Gasteiger partial charge is 0.508 e. The van der Waals surface area contributed by atoms with Crippen molar-refractivity contribution in [3.8, 4) is 5.75 Å². The van der Waals surface area contributed by atoms with Crippen LogP contribution < -0.4 is 0 Å². The van der Waals surface area contributed by atoms with Crippen molar-refractivity contribution in [2.75, 3.05) is 0 Å². The van der Waals surface area contributed by atoms with Crippen LogP contribution in [-0.4, -0.2) is 10.9 Å². The van der Waals surface area contributed by atoms with Crippen LogP contribution in [0.25, 0.3) is 0 Å². The number of hydrogen-bond acceptors (Lipinski definition) is 2. The average molecular weight is 314 g/mol. The molecule has 2 aromatic carbocycles. The molecule has 2 aromatic rings. The summed E-state index contributed by atoms with van der Waals surface area (Å²) in [5, 5.41) is 8.94. The topological polar surface area (TPSA) is 37.3 Å². The Labute approximate surface area is 141 Å². The average Bonchev–Trinajstić information content (AvgIpc) is 2.48. The van der Waals surface area contributed by atoms with Crippen LogP contribution in [0.5, 0.6) is 5.75 Å². The van der Waals surface area contributed by atoms with E-state index in [0.717, 1.165) is 5.56 Å². The molecule has 0 saturated carbocycles. The molecule has 0 saturated heterocycles. The van der Waals surface area contributed by atoms with Crippen molar-refractivity contribution >= 4 is 5.78 Å². The SMILES string of the molecule is C.CC(C)c1ccc(O)cc1.Cc1ccc(C(=O)C(C)C)cc1. The summed E-state index contributed by atoms with van der Waals surface area (Å²) in [6.07, 6.45) is 0. The van der Waals surface area contributed by atoms with Gasteiger partial charge in [0, 0.05) is 11.5 Å². The Morgan fingerprint density at radius 1 is 0.870 bits per heavy atom. The van der Waals surface area contributed by atoms with Gasteiger partial charge in [0.25, 0.3) is 0 Å². The first kappa shape index (κ1) is 20.9. The molecule has 0 unspecified atom stereocenters. The summed E-state index contributed by atoms with van der Waals surface area (Å²) >= 11 is 0. The van der Waals surface area contributed by atoms with E-state index in [9.17, 15) is 4.79 Å². The number of benzene rings is 2. The predicted octanol–water partition coefficient (Wildman–Crippen LogP) is 5.99. The predicted molar refractivity (Wildman–Crippen MR) is 99.3 cm³/mol. The quantitative estimate of drug-likeness (QED) is 0.707. The monoisotopic (exact) mass is 314 g/mol. The third-order valence-electron chi connectivity index (χ3n) is 3.42. The van der Waals surface area contributed by atoms with Gasteiger partial charge >= 0.3 is 0 Å². The second-order valence-corrected chi connectivity index (χ2v) is 6.13. The van der Waals surface area contributed by atoms with Crippen LogP contribution >= 0.6 is 0 Å². The van der Waals surface area contributed by atoms with Crippen LogP contribution in [0.3, 0.4) is 0 Å². The summed E-state index contributed by atoms with van der Waals surface area (Å²) in [4.78, 5) is 11.5. The first-order valence-electron chi connectivity index (χ1n) is 7.71. The molecule has 23 heavy (non-hydrogen) atoms. The molecule has 1 N–H and O–H groups in total. The normalized spacial score (nSPS) is 9.87. The van der Waals surface area contributed by atoms with Crippen molar-refractivity contribution in [1.29, 1.82) is 0 Å². The van der Waals surface area contributed by atoms with E-state index in [0.29, 0.717) is 11.7 Å². The second kappa shape index (κ2) is 9.83. The summed E-state index contributed by atoms with van der Waals surface area (Å²) < 4.78 is 0. The molecule has 2 rings (SSSR count). The van der Waals surface area contributed by atoms with Crippen molar-refractivity contribution in [2.45, 2.75) is 48.0 Å². The van der Waals surface area contributed by atoms with Gasteiger partial charge in [-0.25, -0.2) is 0 Å². The fourth-order valence-electron chi connectivity index (χ4n) is 1.91. The maximum atomic E-state index is 11.5. The van der Waals surface area contributed by atoms with Gasteiger partial charge in [0.15, 0.2) is 5.78 Å². The van der Waals surface area contributed by atoms with Crippen LogP contribution in [0.15, 0.2) is 48.5 Å². The first-order chi connectivity index (χ1) is 10.3. The number of phenols is 1. The molecule has 0 aliphatic heterocycles. The lowest BCUT2D eigenvalue weighted by atomic mass is 10.0. The highest BCUT2D eigenvalue weighted by atomic mass is 16.3. The van der Waals surface area contributed by atoms with Crippen LogP contribution in [0.4, 0.5) is 0 Å². The number of rotatable bonds is 3. The number of phenolic OH excluding ortho intramolecular Hbond substituents is 1.